The van der Waals surface area contributed by atoms with Crippen LogP contribution < -0.4 is 5.32 Å². The fourth-order valence-electron chi connectivity index (χ4n) is 0.759. The van der Waals surface area contributed by atoms with Crippen molar-refractivity contribution in [1.82, 2.24) is 5.32 Å². The first-order valence-electron chi connectivity index (χ1n) is 3.03. The number of rotatable bonds is 2. The van der Waals surface area contributed by atoms with E-state index in [0.29, 0.717) is 6.61 Å². The molecule has 0 atom stereocenters. The van der Waals surface area contributed by atoms with E-state index < -0.39 is 0 Å². The Morgan fingerprint density at radius 3 is 3.22 bits per heavy atom. The van der Waals surface area contributed by atoms with Crippen LogP contribution in [0, 0.1) is 0 Å². The monoisotopic (exact) mass is 125 g/mol. The Morgan fingerprint density at radius 2 is 2.67 bits per heavy atom. The summed E-state index contributed by atoms with van der Waals surface area (Å²) < 4.78 is 4.92. The molecule has 0 spiro atoms. The van der Waals surface area contributed by atoms with E-state index in [1.54, 1.807) is 7.11 Å². The van der Waals surface area contributed by atoms with Gasteiger partial charge in [-0.2, -0.15) is 0 Å². The number of allylic oxidation sites excluding steroid dienone is 2. The van der Waals surface area contributed by atoms with E-state index in [9.17, 15) is 0 Å². The van der Waals surface area contributed by atoms with Crippen molar-refractivity contribution in [2.45, 2.75) is 6.42 Å². The van der Waals surface area contributed by atoms with Gasteiger partial charge >= 0.3 is 0 Å². The summed E-state index contributed by atoms with van der Waals surface area (Å²) in [6.45, 7) is 0.685. The summed E-state index contributed by atoms with van der Waals surface area (Å²) in [7, 11) is 1.70. The molecule has 0 aromatic heterocycles. The van der Waals surface area contributed by atoms with Gasteiger partial charge in [0, 0.05) is 12.8 Å². The normalized spacial score (nSPS) is 16.8. The summed E-state index contributed by atoms with van der Waals surface area (Å²) in [5.41, 5.74) is 1.15. The molecule has 2 nitrogen and oxygen atoms in total. The molecular formula is C7H11NO. The smallest absolute Gasteiger partial charge is 0.0858 e. The van der Waals surface area contributed by atoms with Crippen molar-refractivity contribution in [3.05, 3.63) is 24.0 Å². The average molecular weight is 125 g/mol. The van der Waals surface area contributed by atoms with Crippen LogP contribution in [0.15, 0.2) is 24.0 Å². The van der Waals surface area contributed by atoms with Gasteiger partial charge in [0.1, 0.15) is 0 Å². The Labute approximate surface area is 55.2 Å². The first-order chi connectivity index (χ1) is 4.43. The van der Waals surface area contributed by atoms with Crippen LogP contribution in [0.2, 0.25) is 0 Å². The molecule has 1 rings (SSSR count). The van der Waals surface area contributed by atoms with E-state index in [4.69, 9.17) is 4.74 Å². The van der Waals surface area contributed by atoms with Crippen molar-refractivity contribution in [3.8, 4) is 0 Å². The zero-order valence-electron chi connectivity index (χ0n) is 5.55. The number of ether oxygens (including phenoxy) is 1. The van der Waals surface area contributed by atoms with Crippen molar-refractivity contribution in [2.75, 3.05) is 13.7 Å². The van der Waals surface area contributed by atoms with Crippen LogP contribution in [0.3, 0.4) is 0 Å². The second kappa shape index (κ2) is 3.30. The standard InChI is InChI=1S/C7H11NO/c1-9-6-7-4-2-3-5-8-7/h3-5,8H,2,6H2,1H3. The zero-order valence-corrected chi connectivity index (χ0v) is 5.55. The molecule has 0 saturated heterocycles. The van der Waals surface area contributed by atoms with Gasteiger partial charge in [-0.1, -0.05) is 12.2 Å². The third kappa shape index (κ3) is 1.90. The predicted octanol–water partition coefficient (Wildman–Crippen LogP) is 1.02. The minimum atomic E-state index is 0.685. The summed E-state index contributed by atoms with van der Waals surface area (Å²) in [5, 5.41) is 3.08. The number of hydrogen-bond acceptors (Lipinski definition) is 2. The molecule has 0 fully saturated rings. The molecule has 0 saturated carbocycles. The van der Waals surface area contributed by atoms with Crippen molar-refractivity contribution >= 4 is 0 Å². The third-order valence-electron chi connectivity index (χ3n) is 1.19. The summed E-state index contributed by atoms with van der Waals surface area (Å²) in [5.74, 6) is 0. The molecular weight excluding hydrogens is 114 g/mol. The number of methoxy groups -OCH3 is 1. The highest BCUT2D eigenvalue weighted by molar-refractivity contribution is 5.11. The first-order valence-corrected chi connectivity index (χ1v) is 3.03. The number of dihydropyridines is 1. The van der Waals surface area contributed by atoms with E-state index in [1.165, 1.54) is 0 Å². The van der Waals surface area contributed by atoms with Crippen molar-refractivity contribution < 1.29 is 4.74 Å². The Kier molecular flexibility index (Phi) is 2.33. The largest absolute Gasteiger partial charge is 0.378 e. The van der Waals surface area contributed by atoms with Crippen molar-refractivity contribution in [3.63, 3.8) is 0 Å². The minimum Gasteiger partial charge on any atom is -0.378 e. The van der Waals surface area contributed by atoms with Crippen molar-refractivity contribution in [2.24, 2.45) is 0 Å². The van der Waals surface area contributed by atoms with E-state index in [-0.39, 0.29) is 0 Å². The molecule has 0 bridgehead atoms. The van der Waals surface area contributed by atoms with Gasteiger partial charge in [-0.3, -0.25) is 0 Å². The molecule has 1 aliphatic heterocycles. The lowest BCUT2D eigenvalue weighted by Gasteiger charge is -2.08. The van der Waals surface area contributed by atoms with E-state index in [2.05, 4.69) is 17.5 Å². The molecule has 0 amide bonds. The molecule has 0 unspecified atom stereocenters. The lowest BCUT2D eigenvalue weighted by molar-refractivity contribution is 0.221. The van der Waals surface area contributed by atoms with Gasteiger partial charge in [0.2, 0.25) is 0 Å². The maximum absolute atomic E-state index is 4.92. The molecule has 50 valence electrons. The quantitative estimate of drug-likeness (QED) is 0.595. The molecule has 1 heterocycles. The van der Waals surface area contributed by atoms with E-state index >= 15 is 0 Å². The van der Waals surface area contributed by atoms with Gasteiger partial charge in [0.05, 0.1) is 6.61 Å². The lowest BCUT2D eigenvalue weighted by Crippen LogP contribution is -2.12. The maximum Gasteiger partial charge on any atom is 0.0858 e. The minimum absolute atomic E-state index is 0.685. The fourth-order valence-corrected chi connectivity index (χ4v) is 0.759. The van der Waals surface area contributed by atoms with Crippen LogP contribution in [0.4, 0.5) is 0 Å². The summed E-state index contributed by atoms with van der Waals surface area (Å²) in [6, 6.07) is 0. The first kappa shape index (κ1) is 6.36. The Morgan fingerprint density at radius 1 is 1.78 bits per heavy atom. The van der Waals surface area contributed by atoms with Gasteiger partial charge in [-0.05, 0) is 12.6 Å². The van der Waals surface area contributed by atoms with Crippen LogP contribution in [-0.2, 0) is 4.74 Å². The number of hydrogen-bond donors (Lipinski definition) is 1. The highest BCUT2D eigenvalue weighted by atomic mass is 16.5. The van der Waals surface area contributed by atoms with Gasteiger partial charge in [-0.25, -0.2) is 0 Å². The Hall–Kier alpha value is -0.760. The van der Waals surface area contributed by atoms with Crippen LogP contribution in [-0.4, -0.2) is 13.7 Å². The number of nitrogens with one attached hydrogen (secondary N) is 1. The zero-order chi connectivity index (χ0) is 6.53. The maximum atomic E-state index is 4.92. The highest BCUT2D eigenvalue weighted by Crippen LogP contribution is 1.99. The van der Waals surface area contributed by atoms with Gasteiger partial charge in [0.25, 0.3) is 0 Å². The Bertz CT molecular complexity index is 138. The second-order valence-electron chi connectivity index (χ2n) is 1.94. The summed E-state index contributed by atoms with van der Waals surface area (Å²) in [4.78, 5) is 0. The molecule has 9 heavy (non-hydrogen) atoms. The topological polar surface area (TPSA) is 21.3 Å². The van der Waals surface area contributed by atoms with Crippen LogP contribution >= 0.6 is 0 Å². The van der Waals surface area contributed by atoms with E-state index in [0.717, 1.165) is 12.1 Å². The van der Waals surface area contributed by atoms with Crippen LogP contribution in [0.1, 0.15) is 6.42 Å². The lowest BCUT2D eigenvalue weighted by atomic mass is 10.3. The van der Waals surface area contributed by atoms with Crippen molar-refractivity contribution in [1.29, 1.82) is 0 Å². The SMILES string of the molecule is COCC1=CCC=CN1. The van der Waals surface area contributed by atoms with E-state index in [1.807, 2.05) is 6.20 Å². The fraction of sp³-hybridized carbons (Fsp3) is 0.429. The second-order valence-corrected chi connectivity index (χ2v) is 1.94. The highest BCUT2D eigenvalue weighted by Gasteiger charge is 1.94. The molecule has 0 radical (unpaired) electrons. The van der Waals surface area contributed by atoms with Crippen LogP contribution in [0.25, 0.3) is 0 Å². The summed E-state index contributed by atoms with van der Waals surface area (Å²) in [6.07, 6.45) is 7.14. The molecule has 1 N–H and O–H groups in total. The molecule has 0 aromatic carbocycles. The third-order valence-corrected chi connectivity index (χ3v) is 1.19. The van der Waals surface area contributed by atoms with Gasteiger partial charge < -0.3 is 10.1 Å². The Balaban J connectivity index is 2.32. The molecule has 2 heteroatoms. The van der Waals surface area contributed by atoms with Gasteiger partial charge in [0.15, 0.2) is 0 Å². The van der Waals surface area contributed by atoms with Gasteiger partial charge in [-0.15, -0.1) is 0 Å². The summed E-state index contributed by atoms with van der Waals surface area (Å²) >= 11 is 0. The van der Waals surface area contributed by atoms with Crippen LogP contribution in [0.5, 0.6) is 0 Å². The predicted molar refractivity (Wildman–Crippen MR) is 36.9 cm³/mol. The molecule has 1 aliphatic rings. The molecule has 0 aliphatic carbocycles. The molecule has 0 aromatic rings. The average Bonchev–Trinajstić information content (AvgIpc) is 1.91.